The van der Waals surface area contributed by atoms with E-state index < -0.39 is 0 Å². The first-order valence-electron chi connectivity index (χ1n) is 9.59. The predicted octanol–water partition coefficient (Wildman–Crippen LogP) is 5.65. The molecule has 3 aromatic rings. The van der Waals surface area contributed by atoms with Crippen LogP contribution in [0.25, 0.3) is 17.3 Å². The normalized spacial score (nSPS) is 10.8. The number of ether oxygens (including phenoxy) is 2. The summed E-state index contributed by atoms with van der Waals surface area (Å²) in [6, 6.07) is 15.4. The van der Waals surface area contributed by atoms with Gasteiger partial charge in [0.05, 0.1) is 18.9 Å². The monoisotopic (exact) mass is 408 g/mol. The Morgan fingerprint density at radius 1 is 1.10 bits per heavy atom. The number of aromatic nitrogens is 1. The van der Waals surface area contributed by atoms with E-state index in [-0.39, 0.29) is 5.91 Å². The summed E-state index contributed by atoms with van der Waals surface area (Å²) in [5.41, 5.74) is 2.65. The molecule has 29 heavy (non-hydrogen) atoms. The molecule has 6 heteroatoms. The van der Waals surface area contributed by atoms with Gasteiger partial charge in [-0.15, -0.1) is 11.3 Å². The summed E-state index contributed by atoms with van der Waals surface area (Å²) >= 11 is 1.39. The van der Waals surface area contributed by atoms with Gasteiger partial charge in [-0.05, 0) is 49.8 Å². The topological polar surface area (TPSA) is 60.5 Å². The van der Waals surface area contributed by atoms with E-state index in [4.69, 9.17) is 9.47 Å². The van der Waals surface area contributed by atoms with Crippen molar-refractivity contribution in [3.63, 3.8) is 0 Å². The van der Waals surface area contributed by atoms with Crippen LogP contribution in [0.3, 0.4) is 0 Å². The minimum absolute atomic E-state index is 0.236. The first kappa shape index (κ1) is 20.6. The molecule has 1 heterocycles. The largest absolute Gasteiger partial charge is 0.494 e. The van der Waals surface area contributed by atoms with Crippen LogP contribution < -0.4 is 14.8 Å². The first-order chi connectivity index (χ1) is 14.2. The van der Waals surface area contributed by atoms with Crippen molar-refractivity contribution in [2.45, 2.75) is 20.3 Å². The third kappa shape index (κ3) is 5.93. The Morgan fingerprint density at radius 3 is 2.66 bits per heavy atom. The highest BCUT2D eigenvalue weighted by molar-refractivity contribution is 7.14. The maximum atomic E-state index is 12.3. The fourth-order valence-corrected chi connectivity index (χ4v) is 3.35. The molecule has 0 aliphatic rings. The molecule has 0 saturated heterocycles. The van der Waals surface area contributed by atoms with Crippen molar-refractivity contribution in [1.29, 1.82) is 0 Å². The van der Waals surface area contributed by atoms with Crippen molar-refractivity contribution >= 4 is 28.5 Å². The first-order valence-corrected chi connectivity index (χ1v) is 10.5. The molecule has 0 radical (unpaired) electrons. The number of nitrogens with one attached hydrogen (secondary N) is 1. The molecular formula is C23H24N2O3S. The summed E-state index contributed by atoms with van der Waals surface area (Å²) in [6.07, 6.45) is 4.20. The van der Waals surface area contributed by atoms with Crippen LogP contribution in [-0.4, -0.2) is 24.1 Å². The summed E-state index contributed by atoms with van der Waals surface area (Å²) in [5.74, 6) is 1.36. The minimum atomic E-state index is -0.236. The third-order valence-corrected chi connectivity index (χ3v) is 4.75. The molecule has 3 rings (SSSR count). The van der Waals surface area contributed by atoms with Crippen LogP contribution in [0.1, 0.15) is 25.8 Å². The van der Waals surface area contributed by atoms with E-state index in [2.05, 4.69) is 17.2 Å². The molecule has 1 N–H and O–H groups in total. The zero-order valence-corrected chi connectivity index (χ0v) is 17.4. The molecule has 0 aliphatic heterocycles. The maximum Gasteiger partial charge on any atom is 0.250 e. The Bertz CT molecular complexity index is 964. The quantitative estimate of drug-likeness (QED) is 0.465. The van der Waals surface area contributed by atoms with Gasteiger partial charge in [0.25, 0.3) is 0 Å². The average Bonchev–Trinajstić information content (AvgIpc) is 3.20. The number of rotatable bonds is 9. The van der Waals surface area contributed by atoms with Gasteiger partial charge in [-0.2, -0.15) is 0 Å². The Hall–Kier alpha value is -3.12. The zero-order valence-electron chi connectivity index (χ0n) is 16.6. The van der Waals surface area contributed by atoms with Crippen molar-refractivity contribution in [2.75, 3.05) is 18.5 Å². The number of amides is 1. The SMILES string of the molecule is CCCOc1ccc(-c2csc(NC(=O)C=Cc3ccccc3OCC)n2)cc1. The molecule has 0 spiro atoms. The van der Waals surface area contributed by atoms with E-state index in [9.17, 15) is 4.79 Å². The van der Waals surface area contributed by atoms with E-state index in [1.165, 1.54) is 17.4 Å². The van der Waals surface area contributed by atoms with Gasteiger partial charge in [-0.1, -0.05) is 25.1 Å². The van der Waals surface area contributed by atoms with Gasteiger partial charge in [0.15, 0.2) is 5.13 Å². The van der Waals surface area contributed by atoms with E-state index in [0.717, 1.165) is 34.7 Å². The van der Waals surface area contributed by atoms with Crippen LogP contribution in [0.2, 0.25) is 0 Å². The van der Waals surface area contributed by atoms with Gasteiger partial charge in [0, 0.05) is 22.6 Å². The lowest BCUT2D eigenvalue weighted by Crippen LogP contribution is -2.07. The highest BCUT2D eigenvalue weighted by Gasteiger charge is 2.07. The number of carbonyl (C=O) groups is 1. The second kappa shape index (κ2) is 10.4. The van der Waals surface area contributed by atoms with Crippen LogP contribution in [0.5, 0.6) is 11.5 Å². The van der Waals surface area contributed by atoms with Gasteiger partial charge < -0.3 is 9.47 Å². The Morgan fingerprint density at radius 2 is 1.90 bits per heavy atom. The van der Waals surface area contributed by atoms with Gasteiger partial charge in [0.1, 0.15) is 11.5 Å². The van der Waals surface area contributed by atoms with E-state index >= 15 is 0 Å². The predicted molar refractivity (Wildman–Crippen MR) is 119 cm³/mol. The molecule has 0 aliphatic carbocycles. The van der Waals surface area contributed by atoms with E-state index in [1.54, 1.807) is 6.08 Å². The minimum Gasteiger partial charge on any atom is -0.494 e. The highest BCUT2D eigenvalue weighted by Crippen LogP contribution is 2.27. The second-order valence-electron chi connectivity index (χ2n) is 6.20. The molecule has 0 bridgehead atoms. The molecule has 150 valence electrons. The summed E-state index contributed by atoms with van der Waals surface area (Å²) in [6.45, 7) is 5.28. The van der Waals surface area contributed by atoms with E-state index in [0.29, 0.717) is 18.3 Å². The summed E-state index contributed by atoms with van der Waals surface area (Å²) in [5, 5.41) is 5.29. The summed E-state index contributed by atoms with van der Waals surface area (Å²) in [4.78, 5) is 16.8. The number of para-hydroxylation sites is 1. The summed E-state index contributed by atoms with van der Waals surface area (Å²) < 4.78 is 11.2. The Balaban J connectivity index is 1.62. The van der Waals surface area contributed by atoms with Crippen molar-refractivity contribution < 1.29 is 14.3 Å². The number of benzene rings is 2. The van der Waals surface area contributed by atoms with Crippen LogP contribution in [0, 0.1) is 0 Å². The number of thiazole rings is 1. The van der Waals surface area contributed by atoms with Crippen LogP contribution in [0.15, 0.2) is 60.0 Å². The lowest BCUT2D eigenvalue weighted by Gasteiger charge is -2.06. The van der Waals surface area contributed by atoms with Crippen molar-refractivity contribution in [3.8, 4) is 22.8 Å². The number of hydrogen-bond donors (Lipinski definition) is 1. The second-order valence-corrected chi connectivity index (χ2v) is 7.06. The van der Waals surface area contributed by atoms with Gasteiger partial charge in [-0.3, -0.25) is 10.1 Å². The van der Waals surface area contributed by atoms with Crippen molar-refractivity contribution in [2.24, 2.45) is 0 Å². The van der Waals surface area contributed by atoms with E-state index in [1.807, 2.05) is 60.8 Å². The molecular weight excluding hydrogens is 384 g/mol. The smallest absolute Gasteiger partial charge is 0.250 e. The summed E-state index contributed by atoms with van der Waals surface area (Å²) in [7, 11) is 0. The average molecular weight is 409 g/mol. The van der Waals surface area contributed by atoms with Crippen molar-refractivity contribution in [1.82, 2.24) is 4.98 Å². The lowest BCUT2D eigenvalue weighted by molar-refractivity contribution is -0.111. The van der Waals surface area contributed by atoms with Gasteiger partial charge in [-0.25, -0.2) is 4.98 Å². The molecule has 0 atom stereocenters. The molecule has 5 nitrogen and oxygen atoms in total. The number of nitrogens with zero attached hydrogens (tertiary/aromatic N) is 1. The highest BCUT2D eigenvalue weighted by atomic mass is 32.1. The third-order valence-electron chi connectivity index (χ3n) is 3.99. The molecule has 0 saturated carbocycles. The lowest BCUT2D eigenvalue weighted by atomic mass is 10.2. The maximum absolute atomic E-state index is 12.3. The van der Waals surface area contributed by atoms with Gasteiger partial charge >= 0.3 is 0 Å². The molecule has 0 unspecified atom stereocenters. The molecule has 1 aromatic heterocycles. The van der Waals surface area contributed by atoms with Crippen LogP contribution >= 0.6 is 11.3 Å². The standard InChI is InChI=1S/C23H24N2O3S/c1-3-15-28-19-12-9-17(10-13-19)20-16-29-23(24-20)25-22(26)14-11-18-7-5-6-8-21(18)27-4-2/h5-14,16H,3-4,15H2,1-2H3,(H,24,25,26). The zero-order chi connectivity index (χ0) is 20.5. The fourth-order valence-electron chi connectivity index (χ4n) is 2.62. The molecule has 2 aromatic carbocycles. The number of hydrogen-bond acceptors (Lipinski definition) is 5. The van der Waals surface area contributed by atoms with Crippen molar-refractivity contribution in [3.05, 3.63) is 65.6 Å². The molecule has 1 amide bonds. The number of anilines is 1. The fraction of sp³-hybridized carbons (Fsp3) is 0.217. The van der Waals surface area contributed by atoms with Gasteiger partial charge in [0.2, 0.25) is 5.91 Å². The Labute approximate surface area is 175 Å². The van der Waals surface area contributed by atoms with Crippen LogP contribution in [-0.2, 0) is 4.79 Å². The molecule has 0 fully saturated rings. The number of carbonyl (C=O) groups excluding carboxylic acids is 1. The Kier molecular flexibility index (Phi) is 7.41. The van der Waals surface area contributed by atoms with Crippen LogP contribution in [0.4, 0.5) is 5.13 Å².